The van der Waals surface area contributed by atoms with Crippen LogP contribution in [0.1, 0.15) is 41.5 Å². The Kier molecular flexibility index (Phi) is 7.61. The molecule has 0 fully saturated rings. The van der Waals surface area contributed by atoms with Crippen LogP contribution >= 0.6 is 35.0 Å². The second-order valence-corrected chi connectivity index (χ2v) is 10.0. The average Bonchev–Trinajstić information content (AvgIpc) is 2.57. The van der Waals surface area contributed by atoms with Gasteiger partial charge in [0.1, 0.15) is 21.4 Å². The first-order chi connectivity index (χ1) is 14.2. The van der Waals surface area contributed by atoms with Crippen LogP contribution in [0.25, 0.3) is 0 Å². The first-order valence-electron chi connectivity index (χ1n) is 9.04. The van der Waals surface area contributed by atoms with Gasteiger partial charge in [0.05, 0.1) is 11.2 Å². The third-order valence-electron chi connectivity index (χ3n) is 3.14. The highest BCUT2D eigenvalue weighted by Crippen LogP contribution is 2.39. The molecule has 31 heavy (non-hydrogen) atoms. The van der Waals surface area contributed by atoms with Gasteiger partial charge in [-0.3, -0.25) is 0 Å². The van der Waals surface area contributed by atoms with Gasteiger partial charge in [-0.2, -0.15) is 4.90 Å². The number of carbonyl (C=O) groups is 2. The van der Waals surface area contributed by atoms with Crippen LogP contribution in [-0.2, 0) is 9.47 Å². The smallest absolute Gasteiger partial charge is 0.425 e. The Balaban J connectivity index is 2.49. The molecule has 0 aliphatic carbocycles. The number of hydrogen-bond acceptors (Lipinski definition) is 9. The highest BCUT2D eigenvalue weighted by molar-refractivity contribution is 7.99. The minimum absolute atomic E-state index is 0.000341. The Morgan fingerprint density at radius 1 is 1.03 bits per heavy atom. The van der Waals surface area contributed by atoms with Crippen LogP contribution in [0.15, 0.2) is 28.4 Å². The lowest BCUT2D eigenvalue weighted by Gasteiger charge is -2.28. The van der Waals surface area contributed by atoms with Crippen molar-refractivity contribution in [3.05, 3.63) is 28.6 Å². The molecular weight excluding hydrogens is 465 g/mol. The molecule has 2 amide bonds. The van der Waals surface area contributed by atoms with E-state index in [9.17, 15) is 9.59 Å². The van der Waals surface area contributed by atoms with Gasteiger partial charge in [-0.15, -0.1) is 0 Å². The third kappa shape index (κ3) is 7.12. The van der Waals surface area contributed by atoms with Gasteiger partial charge < -0.3 is 15.2 Å². The van der Waals surface area contributed by atoms with Crippen LogP contribution in [0.4, 0.5) is 21.2 Å². The molecule has 2 rings (SSSR count). The molecule has 0 spiro atoms. The number of ether oxygens (including phenoxy) is 2. The van der Waals surface area contributed by atoms with Crippen molar-refractivity contribution in [2.75, 3.05) is 10.6 Å². The van der Waals surface area contributed by atoms with Crippen LogP contribution in [0.3, 0.4) is 0 Å². The van der Waals surface area contributed by atoms with Gasteiger partial charge in [0.2, 0.25) is 0 Å². The normalized spacial score (nSPS) is 11.7. The Morgan fingerprint density at radius 2 is 1.58 bits per heavy atom. The van der Waals surface area contributed by atoms with E-state index in [2.05, 4.69) is 15.0 Å². The molecule has 2 aromatic rings. The summed E-state index contributed by atoms with van der Waals surface area (Å²) < 4.78 is 10.7. The number of aromatic nitrogens is 3. The number of carbonyl (C=O) groups excluding carboxylic acids is 2. The summed E-state index contributed by atoms with van der Waals surface area (Å²) in [5.41, 5.74) is 4.11. The molecule has 2 aromatic heterocycles. The highest BCUT2D eigenvalue weighted by atomic mass is 35.5. The molecule has 0 radical (unpaired) electrons. The lowest BCUT2D eigenvalue weighted by molar-refractivity contribution is 0.0429. The van der Waals surface area contributed by atoms with E-state index in [4.69, 9.17) is 38.4 Å². The standard InChI is InChI=1S/C19H23Cl2N5O4S/c1-18(2,3)29-16(27)26(17(28)30-19(4,5)6)14-12(21)10(7-8-23-14)31-15-13(22)25-11(20)9-24-15/h7-9H,1-6H3,(H2,22,25). The van der Waals surface area contributed by atoms with Crippen molar-refractivity contribution in [2.24, 2.45) is 0 Å². The quantitative estimate of drug-likeness (QED) is 0.589. The summed E-state index contributed by atoms with van der Waals surface area (Å²) in [6, 6.07) is 1.58. The van der Waals surface area contributed by atoms with Crippen molar-refractivity contribution in [1.82, 2.24) is 15.0 Å². The summed E-state index contributed by atoms with van der Waals surface area (Å²) in [6.07, 6.45) is 0.752. The summed E-state index contributed by atoms with van der Waals surface area (Å²) in [6.45, 7) is 10.0. The summed E-state index contributed by atoms with van der Waals surface area (Å²) in [5.74, 6) is -0.0567. The lowest BCUT2D eigenvalue weighted by Crippen LogP contribution is -2.44. The van der Waals surface area contributed by atoms with Crippen molar-refractivity contribution in [2.45, 2.75) is 62.7 Å². The number of hydrogen-bond donors (Lipinski definition) is 1. The molecule has 0 bridgehead atoms. The first kappa shape index (κ1) is 25.0. The van der Waals surface area contributed by atoms with Crippen LogP contribution in [0, 0.1) is 0 Å². The molecular formula is C19H23Cl2N5O4S. The number of anilines is 2. The molecule has 0 aliphatic rings. The zero-order valence-corrected chi connectivity index (χ0v) is 20.2. The van der Waals surface area contributed by atoms with Gasteiger partial charge in [-0.25, -0.2) is 24.5 Å². The largest absolute Gasteiger partial charge is 0.443 e. The third-order valence-corrected chi connectivity index (χ3v) is 4.88. The van der Waals surface area contributed by atoms with Crippen molar-refractivity contribution in [3.8, 4) is 0 Å². The average molecular weight is 488 g/mol. The number of halogens is 2. The molecule has 0 saturated carbocycles. The van der Waals surface area contributed by atoms with Gasteiger partial charge in [-0.05, 0) is 47.6 Å². The Bertz CT molecular complexity index is 964. The first-order valence-corrected chi connectivity index (χ1v) is 10.6. The Labute approximate surface area is 194 Å². The molecule has 168 valence electrons. The molecule has 0 atom stereocenters. The summed E-state index contributed by atoms with van der Waals surface area (Å²) in [4.78, 5) is 38.9. The number of imide groups is 1. The molecule has 2 N–H and O–H groups in total. The monoisotopic (exact) mass is 487 g/mol. The number of nitrogens with zero attached hydrogens (tertiary/aromatic N) is 4. The minimum atomic E-state index is -0.982. The fourth-order valence-corrected chi connectivity index (χ4v) is 3.29. The van der Waals surface area contributed by atoms with E-state index < -0.39 is 23.4 Å². The van der Waals surface area contributed by atoms with Gasteiger partial charge in [-0.1, -0.05) is 35.0 Å². The predicted molar refractivity (Wildman–Crippen MR) is 120 cm³/mol. The van der Waals surface area contributed by atoms with Gasteiger partial charge >= 0.3 is 12.2 Å². The van der Waals surface area contributed by atoms with E-state index in [0.717, 1.165) is 11.8 Å². The molecule has 12 heteroatoms. The Hall–Kier alpha value is -2.30. The number of nitrogens with two attached hydrogens (primary N) is 1. The molecule has 0 aliphatic heterocycles. The molecule has 0 unspecified atom stereocenters. The fourth-order valence-electron chi connectivity index (χ4n) is 2.07. The zero-order chi connectivity index (χ0) is 23.6. The van der Waals surface area contributed by atoms with Crippen LogP contribution in [0.2, 0.25) is 10.2 Å². The van der Waals surface area contributed by atoms with E-state index in [1.54, 1.807) is 47.6 Å². The fraction of sp³-hybridized carbons (Fsp3) is 0.421. The van der Waals surface area contributed by atoms with Crippen molar-refractivity contribution < 1.29 is 19.1 Å². The summed E-state index contributed by atoms with van der Waals surface area (Å²) in [5, 5.41) is 0.481. The number of amides is 2. The zero-order valence-electron chi connectivity index (χ0n) is 17.9. The van der Waals surface area contributed by atoms with Crippen molar-refractivity contribution >= 4 is 58.8 Å². The summed E-state index contributed by atoms with van der Waals surface area (Å²) >= 11 is 13.4. The van der Waals surface area contributed by atoms with Gasteiger partial charge in [0, 0.05) is 11.1 Å². The second-order valence-electron chi connectivity index (χ2n) is 8.23. The maximum Gasteiger partial charge on any atom is 0.425 e. The maximum absolute atomic E-state index is 12.8. The summed E-state index contributed by atoms with van der Waals surface area (Å²) in [7, 11) is 0. The Morgan fingerprint density at radius 3 is 2.06 bits per heavy atom. The number of pyridine rings is 1. The SMILES string of the molecule is CC(C)(C)OC(=O)N(C(=O)OC(C)(C)C)c1nccc(Sc2ncc(Cl)nc2N)c1Cl. The predicted octanol–water partition coefficient (Wildman–Crippen LogP) is 5.59. The molecule has 0 saturated heterocycles. The van der Waals surface area contributed by atoms with E-state index in [-0.39, 0.29) is 21.8 Å². The van der Waals surface area contributed by atoms with Crippen LogP contribution in [-0.4, -0.2) is 38.3 Å². The van der Waals surface area contributed by atoms with E-state index >= 15 is 0 Å². The van der Waals surface area contributed by atoms with Crippen molar-refractivity contribution in [3.63, 3.8) is 0 Å². The van der Waals surface area contributed by atoms with Crippen LogP contribution < -0.4 is 10.6 Å². The van der Waals surface area contributed by atoms with Gasteiger partial charge in [0.25, 0.3) is 0 Å². The van der Waals surface area contributed by atoms with Gasteiger partial charge in [0.15, 0.2) is 11.6 Å². The minimum Gasteiger partial charge on any atom is -0.443 e. The topological polar surface area (TPSA) is 121 Å². The molecule has 0 aromatic carbocycles. The molecule has 9 nitrogen and oxygen atoms in total. The van der Waals surface area contributed by atoms with E-state index in [0.29, 0.717) is 14.8 Å². The van der Waals surface area contributed by atoms with Crippen molar-refractivity contribution in [1.29, 1.82) is 0 Å². The maximum atomic E-state index is 12.8. The number of nitrogen functional groups attached to an aromatic ring is 1. The molecule has 2 heterocycles. The van der Waals surface area contributed by atoms with E-state index in [1.807, 2.05) is 0 Å². The van der Waals surface area contributed by atoms with E-state index in [1.165, 1.54) is 12.4 Å². The highest BCUT2D eigenvalue weighted by Gasteiger charge is 2.35. The lowest BCUT2D eigenvalue weighted by atomic mass is 10.2. The number of rotatable bonds is 3. The second kappa shape index (κ2) is 9.46. The van der Waals surface area contributed by atoms with Crippen LogP contribution in [0.5, 0.6) is 0 Å².